The third kappa shape index (κ3) is 7.10. The number of aromatic amines is 1. The van der Waals surface area contributed by atoms with E-state index in [-0.39, 0.29) is 24.5 Å². The number of aromatic hydroxyl groups is 1. The number of carboxylic acid groups (broad SMARTS) is 1. The van der Waals surface area contributed by atoms with Gasteiger partial charge >= 0.3 is 5.97 Å². The van der Waals surface area contributed by atoms with Gasteiger partial charge in [0, 0.05) is 18.3 Å². The molecule has 10 nitrogen and oxygen atoms in total. The van der Waals surface area contributed by atoms with Gasteiger partial charge in [0.1, 0.15) is 17.8 Å². The molecule has 1 aromatic carbocycles. The maximum absolute atomic E-state index is 12.9. The SMILES string of the molecule is CC[C@H](C)[C@H](NC(=O)[C@H](Cc1cnc[nH]1)NC(=O)[C@@H](N)Cc1ccc(O)cc1)C(=O)O. The quantitative estimate of drug-likeness (QED) is 0.298. The summed E-state index contributed by atoms with van der Waals surface area (Å²) in [7, 11) is 0. The Morgan fingerprint density at radius 3 is 2.35 bits per heavy atom. The van der Waals surface area contributed by atoms with Gasteiger partial charge in [0.25, 0.3) is 0 Å². The Hall–Kier alpha value is -3.40. The van der Waals surface area contributed by atoms with Crippen molar-refractivity contribution < 1.29 is 24.6 Å². The normalized spacial score (nSPS) is 14.8. The van der Waals surface area contributed by atoms with Crippen LogP contribution >= 0.6 is 0 Å². The first-order valence-corrected chi connectivity index (χ1v) is 10.1. The summed E-state index contributed by atoms with van der Waals surface area (Å²) in [6.07, 6.45) is 3.83. The standard InChI is InChI=1S/C21H29N5O5/c1-3-12(2)18(21(30)31)26-20(29)17(9-14-10-23-11-24-14)25-19(28)16(22)8-13-4-6-15(27)7-5-13/h4-7,10-12,16-18,27H,3,8-9,22H2,1-2H3,(H,23,24)(H,25,28)(H,26,29)(H,30,31)/t12-,16-,17-,18-/m0/s1. The van der Waals surface area contributed by atoms with Crippen molar-refractivity contribution in [2.45, 2.75) is 51.2 Å². The van der Waals surface area contributed by atoms with E-state index in [1.54, 1.807) is 19.1 Å². The summed E-state index contributed by atoms with van der Waals surface area (Å²) >= 11 is 0. The molecule has 0 aliphatic rings. The molecule has 10 heteroatoms. The monoisotopic (exact) mass is 431 g/mol. The number of aliphatic carboxylic acids is 1. The van der Waals surface area contributed by atoms with Crippen molar-refractivity contribution in [3.05, 3.63) is 48.0 Å². The first-order chi connectivity index (χ1) is 14.7. The lowest BCUT2D eigenvalue weighted by molar-refractivity contribution is -0.143. The van der Waals surface area contributed by atoms with Crippen molar-refractivity contribution in [2.75, 3.05) is 0 Å². The zero-order valence-corrected chi connectivity index (χ0v) is 17.5. The summed E-state index contributed by atoms with van der Waals surface area (Å²) < 4.78 is 0. The third-order valence-electron chi connectivity index (χ3n) is 5.12. The van der Waals surface area contributed by atoms with Gasteiger partial charge in [-0.05, 0) is 30.0 Å². The van der Waals surface area contributed by atoms with E-state index in [4.69, 9.17) is 5.73 Å². The van der Waals surface area contributed by atoms with E-state index in [1.807, 2.05) is 6.92 Å². The first-order valence-electron chi connectivity index (χ1n) is 10.1. The van der Waals surface area contributed by atoms with E-state index in [0.717, 1.165) is 5.56 Å². The lowest BCUT2D eigenvalue weighted by Crippen LogP contribution is -2.56. The second-order valence-electron chi connectivity index (χ2n) is 7.53. The molecular weight excluding hydrogens is 402 g/mol. The Bertz CT molecular complexity index is 869. The fourth-order valence-corrected chi connectivity index (χ4v) is 3.02. The van der Waals surface area contributed by atoms with Gasteiger partial charge in [-0.15, -0.1) is 0 Å². The van der Waals surface area contributed by atoms with Crippen LogP contribution in [-0.4, -0.2) is 56.1 Å². The van der Waals surface area contributed by atoms with Crippen LogP contribution in [0.15, 0.2) is 36.8 Å². The van der Waals surface area contributed by atoms with E-state index in [2.05, 4.69) is 20.6 Å². The number of nitrogens with zero attached hydrogens (tertiary/aromatic N) is 1. The minimum absolute atomic E-state index is 0.0936. The van der Waals surface area contributed by atoms with Crippen LogP contribution in [0.3, 0.4) is 0 Å². The van der Waals surface area contributed by atoms with E-state index in [0.29, 0.717) is 12.1 Å². The minimum atomic E-state index is -1.14. The smallest absolute Gasteiger partial charge is 0.326 e. The average molecular weight is 431 g/mol. The molecule has 1 heterocycles. The molecule has 0 aliphatic carbocycles. The second-order valence-corrected chi connectivity index (χ2v) is 7.53. The molecule has 0 aliphatic heterocycles. The van der Waals surface area contributed by atoms with E-state index < -0.39 is 35.9 Å². The van der Waals surface area contributed by atoms with Gasteiger partial charge in [-0.1, -0.05) is 32.4 Å². The number of amides is 2. The number of imidazole rings is 1. The molecule has 0 radical (unpaired) electrons. The Morgan fingerprint density at radius 2 is 1.81 bits per heavy atom. The van der Waals surface area contributed by atoms with Crippen molar-refractivity contribution in [2.24, 2.45) is 11.7 Å². The highest BCUT2D eigenvalue weighted by Gasteiger charge is 2.30. The van der Waals surface area contributed by atoms with Gasteiger partial charge < -0.3 is 31.6 Å². The van der Waals surface area contributed by atoms with E-state index in [1.165, 1.54) is 24.7 Å². The van der Waals surface area contributed by atoms with Crippen LogP contribution in [0, 0.1) is 5.92 Å². The van der Waals surface area contributed by atoms with Crippen molar-refractivity contribution in [1.29, 1.82) is 0 Å². The Labute approximate surface area is 180 Å². The molecule has 0 saturated heterocycles. The fourth-order valence-electron chi connectivity index (χ4n) is 3.02. The van der Waals surface area contributed by atoms with Crippen molar-refractivity contribution >= 4 is 17.8 Å². The summed E-state index contributed by atoms with van der Waals surface area (Å²) in [5, 5.41) is 24.0. The zero-order valence-electron chi connectivity index (χ0n) is 17.5. The molecule has 0 spiro atoms. The van der Waals surface area contributed by atoms with Crippen LogP contribution in [0.2, 0.25) is 0 Å². The summed E-state index contributed by atoms with van der Waals surface area (Å²) in [6, 6.07) is 3.24. The Morgan fingerprint density at radius 1 is 1.13 bits per heavy atom. The fraction of sp³-hybridized carbons (Fsp3) is 0.429. The minimum Gasteiger partial charge on any atom is -0.508 e. The van der Waals surface area contributed by atoms with Crippen LogP contribution in [0.1, 0.15) is 31.5 Å². The molecule has 0 saturated carbocycles. The molecule has 1 aromatic heterocycles. The van der Waals surface area contributed by atoms with Gasteiger partial charge in [0.2, 0.25) is 11.8 Å². The number of phenols is 1. The number of hydrogen-bond acceptors (Lipinski definition) is 6. The number of carbonyl (C=O) groups is 3. The molecule has 4 atom stereocenters. The molecule has 2 amide bonds. The van der Waals surface area contributed by atoms with Crippen LogP contribution in [0.5, 0.6) is 5.75 Å². The Balaban J connectivity index is 2.10. The number of carbonyl (C=O) groups excluding carboxylic acids is 2. The van der Waals surface area contributed by atoms with Gasteiger partial charge in [-0.2, -0.15) is 0 Å². The summed E-state index contributed by atoms with van der Waals surface area (Å²) in [6.45, 7) is 3.56. The number of H-pyrrole nitrogens is 1. The molecule has 2 aromatic rings. The maximum atomic E-state index is 12.9. The predicted octanol–water partition coefficient (Wildman–Crippen LogP) is 0.328. The topological polar surface area (TPSA) is 170 Å². The lowest BCUT2D eigenvalue weighted by atomic mass is 9.98. The van der Waals surface area contributed by atoms with Crippen molar-refractivity contribution in [3.63, 3.8) is 0 Å². The van der Waals surface area contributed by atoms with E-state index >= 15 is 0 Å². The maximum Gasteiger partial charge on any atom is 0.326 e. The molecule has 31 heavy (non-hydrogen) atoms. The van der Waals surface area contributed by atoms with E-state index in [9.17, 15) is 24.6 Å². The van der Waals surface area contributed by atoms with Gasteiger partial charge in [0.05, 0.1) is 12.4 Å². The highest BCUT2D eigenvalue weighted by atomic mass is 16.4. The second kappa shape index (κ2) is 11.1. The molecule has 0 unspecified atom stereocenters. The highest BCUT2D eigenvalue weighted by molar-refractivity contribution is 5.92. The summed E-state index contributed by atoms with van der Waals surface area (Å²) in [5.41, 5.74) is 7.36. The number of aromatic nitrogens is 2. The van der Waals surface area contributed by atoms with Gasteiger partial charge in [0.15, 0.2) is 0 Å². The molecule has 0 fully saturated rings. The zero-order chi connectivity index (χ0) is 23.0. The van der Waals surface area contributed by atoms with Gasteiger partial charge in [-0.3, -0.25) is 9.59 Å². The van der Waals surface area contributed by atoms with Crippen molar-refractivity contribution in [1.82, 2.24) is 20.6 Å². The lowest BCUT2D eigenvalue weighted by Gasteiger charge is -2.25. The highest BCUT2D eigenvalue weighted by Crippen LogP contribution is 2.12. The average Bonchev–Trinajstić information content (AvgIpc) is 3.25. The number of hydrogen-bond donors (Lipinski definition) is 6. The number of benzene rings is 1. The van der Waals surface area contributed by atoms with Crippen molar-refractivity contribution in [3.8, 4) is 5.75 Å². The molecule has 0 bridgehead atoms. The predicted molar refractivity (Wildman–Crippen MR) is 113 cm³/mol. The summed E-state index contributed by atoms with van der Waals surface area (Å²) in [5.74, 6) is -2.50. The number of nitrogens with two attached hydrogens (primary N) is 1. The Kier molecular flexibility index (Phi) is 8.56. The van der Waals surface area contributed by atoms with Gasteiger partial charge in [-0.25, -0.2) is 9.78 Å². The summed E-state index contributed by atoms with van der Waals surface area (Å²) in [4.78, 5) is 43.9. The number of nitrogens with one attached hydrogen (secondary N) is 3. The van der Waals surface area contributed by atoms with Crippen LogP contribution < -0.4 is 16.4 Å². The van der Waals surface area contributed by atoms with Crippen LogP contribution in [0.25, 0.3) is 0 Å². The number of rotatable bonds is 11. The number of carboxylic acids is 1. The molecule has 168 valence electrons. The molecular formula is C21H29N5O5. The number of phenolic OH excluding ortho intramolecular Hbond substituents is 1. The van der Waals surface area contributed by atoms with Crippen LogP contribution in [-0.2, 0) is 27.2 Å². The first kappa shape index (κ1) is 23.9. The third-order valence-corrected chi connectivity index (χ3v) is 5.12. The molecule has 7 N–H and O–H groups in total. The molecule has 2 rings (SSSR count). The van der Waals surface area contributed by atoms with Crippen LogP contribution in [0.4, 0.5) is 0 Å². The largest absolute Gasteiger partial charge is 0.508 e.